The van der Waals surface area contributed by atoms with Crippen molar-refractivity contribution in [3.63, 3.8) is 0 Å². The molecule has 1 fully saturated rings. The Morgan fingerprint density at radius 3 is 2.89 bits per heavy atom. The summed E-state index contributed by atoms with van der Waals surface area (Å²) in [6.45, 7) is 5.39. The fourth-order valence-corrected chi connectivity index (χ4v) is 3.09. The zero-order chi connectivity index (χ0) is 13.6. The van der Waals surface area contributed by atoms with Crippen LogP contribution in [0.15, 0.2) is 18.2 Å². The van der Waals surface area contributed by atoms with Crippen LogP contribution in [-0.4, -0.2) is 33.6 Å². The van der Waals surface area contributed by atoms with Crippen molar-refractivity contribution in [2.24, 2.45) is 0 Å². The lowest BCUT2D eigenvalue weighted by Crippen LogP contribution is -2.34. The highest BCUT2D eigenvalue weighted by Crippen LogP contribution is 2.28. The van der Waals surface area contributed by atoms with Gasteiger partial charge >= 0.3 is 0 Å². The number of para-hydroxylation sites is 1. The van der Waals surface area contributed by atoms with E-state index in [2.05, 4.69) is 53.5 Å². The van der Waals surface area contributed by atoms with Gasteiger partial charge in [0.25, 0.3) is 0 Å². The lowest BCUT2D eigenvalue weighted by atomic mass is 10.2. The van der Waals surface area contributed by atoms with Gasteiger partial charge in [0, 0.05) is 18.6 Å². The Labute approximate surface area is 119 Å². The number of benzene rings is 1. The van der Waals surface area contributed by atoms with Gasteiger partial charge in [0.15, 0.2) is 4.77 Å². The quantitative estimate of drug-likeness (QED) is 0.864. The molecule has 1 atom stereocenters. The number of nitrogens with zero attached hydrogens (tertiary/aromatic N) is 2. The predicted octanol–water partition coefficient (Wildman–Crippen LogP) is 3.49. The molecule has 19 heavy (non-hydrogen) atoms. The Kier molecular flexibility index (Phi) is 3.23. The first-order chi connectivity index (χ1) is 9.08. The number of likely N-dealkylation sites (N-methyl/N-ethyl adjacent to an activating group) is 1. The number of imidazole rings is 1. The molecule has 1 saturated carbocycles. The van der Waals surface area contributed by atoms with Crippen molar-refractivity contribution < 1.29 is 0 Å². The van der Waals surface area contributed by atoms with Gasteiger partial charge in [-0.1, -0.05) is 12.1 Å². The van der Waals surface area contributed by atoms with E-state index in [0.717, 1.165) is 22.9 Å². The van der Waals surface area contributed by atoms with Gasteiger partial charge < -0.3 is 9.55 Å². The number of nitrogens with one attached hydrogen (secondary N) is 1. The van der Waals surface area contributed by atoms with Gasteiger partial charge in [0.2, 0.25) is 0 Å². The van der Waals surface area contributed by atoms with Crippen molar-refractivity contribution in [1.29, 1.82) is 0 Å². The first-order valence-electron chi connectivity index (χ1n) is 6.98. The molecule has 0 saturated heterocycles. The molecule has 2 aromatic rings. The van der Waals surface area contributed by atoms with Gasteiger partial charge in [0.05, 0.1) is 11.0 Å². The summed E-state index contributed by atoms with van der Waals surface area (Å²) < 4.78 is 3.09. The highest BCUT2D eigenvalue weighted by atomic mass is 32.1. The fraction of sp³-hybridized carbons (Fsp3) is 0.533. The average Bonchev–Trinajstić information content (AvgIpc) is 3.16. The SMILES string of the molecule is Cc1cccc2[nH]c(=S)n(CC(C)N(C)C3CC3)c12. The number of hydrogen-bond acceptors (Lipinski definition) is 2. The normalized spacial score (nSPS) is 17.3. The molecule has 0 amide bonds. The van der Waals surface area contributed by atoms with Gasteiger partial charge in [0.1, 0.15) is 0 Å². The molecule has 1 aromatic heterocycles. The third-order valence-corrected chi connectivity index (χ3v) is 4.58. The molecule has 1 unspecified atom stereocenters. The van der Waals surface area contributed by atoms with Crippen LogP contribution in [-0.2, 0) is 6.54 Å². The molecule has 0 spiro atoms. The summed E-state index contributed by atoms with van der Waals surface area (Å²) in [6, 6.07) is 7.63. The maximum Gasteiger partial charge on any atom is 0.178 e. The predicted molar refractivity (Wildman–Crippen MR) is 82.1 cm³/mol. The Hall–Kier alpha value is -1.13. The summed E-state index contributed by atoms with van der Waals surface area (Å²) in [5, 5.41) is 0. The van der Waals surface area contributed by atoms with E-state index in [1.807, 2.05) is 0 Å². The smallest absolute Gasteiger partial charge is 0.178 e. The monoisotopic (exact) mass is 275 g/mol. The largest absolute Gasteiger partial charge is 0.331 e. The zero-order valence-electron chi connectivity index (χ0n) is 11.8. The molecule has 0 radical (unpaired) electrons. The van der Waals surface area contributed by atoms with Crippen molar-refractivity contribution in [3.8, 4) is 0 Å². The molecule has 0 bridgehead atoms. The zero-order valence-corrected chi connectivity index (χ0v) is 12.6. The molecule has 0 aliphatic heterocycles. The van der Waals surface area contributed by atoms with E-state index in [-0.39, 0.29) is 0 Å². The van der Waals surface area contributed by atoms with E-state index in [4.69, 9.17) is 12.2 Å². The summed E-state index contributed by atoms with van der Waals surface area (Å²) in [7, 11) is 2.23. The van der Waals surface area contributed by atoms with Gasteiger partial charge in [-0.25, -0.2) is 0 Å². The van der Waals surface area contributed by atoms with Gasteiger partial charge in [-0.05, 0) is 57.6 Å². The second kappa shape index (κ2) is 4.76. The van der Waals surface area contributed by atoms with Gasteiger partial charge in [-0.3, -0.25) is 4.90 Å². The molecule has 1 N–H and O–H groups in total. The number of hydrogen-bond donors (Lipinski definition) is 1. The highest BCUT2D eigenvalue weighted by molar-refractivity contribution is 7.71. The van der Waals surface area contributed by atoms with E-state index < -0.39 is 0 Å². The van der Waals surface area contributed by atoms with Crippen molar-refractivity contribution in [2.45, 2.75) is 45.3 Å². The van der Waals surface area contributed by atoms with E-state index in [1.54, 1.807) is 0 Å². The lowest BCUT2D eigenvalue weighted by Gasteiger charge is -2.25. The van der Waals surface area contributed by atoms with Gasteiger partial charge in [-0.2, -0.15) is 0 Å². The Morgan fingerprint density at radius 1 is 1.47 bits per heavy atom. The second-order valence-corrected chi connectivity index (χ2v) is 6.14. The molecule has 102 valence electrons. The fourth-order valence-electron chi connectivity index (χ4n) is 2.81. The standard InChI is InChI=1S/C15H21N3S/c1-10-5-4-6-13-14(10)18(15(19)16-13)9-11(2)17(3)12-7-8-12/h4-6,11-12H,7-9H2,1-3H3,(H,16,19). The molecule has 1 heterocycles. The Bertz CT molecular complexity index is 651. The summed E-state index contributed by atoms with van der Waals surface area (Å²) >= 11 is 5.49. The Morgan fingerprint density at radius 2 is 2.21 bits per heavy atom. The minimum absolute atomic E-state index is 0.512. The molecular formula is C15H21N3S. The van der Waals surface area contributed by atoms with Crippen molar-refractivity contribution in [3.05, 3.63) is 28.5 Å². The van der Waals surface area contributed by atoms with Crippen LogP contribution in [0.5, 0.6) is 0 Å². The van der Waals surface area contributed by atoms with Crippen LogP contribution >= 0.6 is 12.2 Å². The molecule has 1 aromatic carbocycles. The second-order valence-electron chi connectivity index (χ2n) is 5.76. The Balaban J connectivity index is 1.95. The summed E-state index contributed by atoms with van der Waals surface area (Å²) in [5.41, 5.74) is 3.68. The maximum atomic E-state index is 5.49. The van der Waals surface area contributed by atoms with E-state index in [9.17, 15) is 0 Å². The molecule has 1 aliphatic rings. The van der Waals surface area contributed by atoms with Crippen LogP contribution in [0.3, 0.4) is 0 Å². The van der Waals surface area contributed by atoms with Crippen LogP contribution in [0.25, 0.3) is 11.0 Å². The average molecular weight is 275 g/mol. The van der Waals surface area contributed by atoms with Gasteiger partial charge in [-0.15, -0.1) is 0 Å². The first kappa shape index (κ1) is 12.9. The number of rotatable bonds is 4. The molecular weight excluding hydrogens is 254 g/mol. The van der Waals surface area contributed by atoms with Crippen LogP contribution in [0.1, 0.15) is 25.3 Å². The minimum Gasteiger partial charge on any atom is -0.331 e. The topological polar surface area (TPSA) is 24.0 Å². The number of H-pyrrole nitrogens is 1. The molecule has 3 nitrogen and oxygen atoms in total. The highest BCUT2D eigenvalue weighted by Gasteiger charge is 2.29. The van der Waals surface area contributed by atoms with Crippen molar-refractivity contribution in [1.82, 2.24) is 14.5 Å². The molecule has 3 rings (SSSR count). The van der Waals surface area contributed by atoms with Crippen LogP contribution < -0.4 is 0 Å². The number of aromatic nitrogens is 2. The third kappa shape index (κ3) is 2.35. The molecule has 1 aliphatic carbocycles. The number of aryl methyl sites for hydroxylation is 1. The number of fused-ring (bicyclic) bond motifs is 1. The van der Waals surface area contributed by atoms with Crippen LogP contribution in [0.4, 0.5) is 0 Å². The summed E-state index contributed by atoms with van der Waals surface area (Å²) in [6.07, 6.45) is 2.69. The minimum atomic E-state index is 0.512. The third-order valence-electron chi connectivity index (χ3n) is 4.26. The van der Waals surface area contributed by atoms with E-state index >= 15 is 0 Å². The lowest BCUT2D eigenvalue weighted by molar-refractivity contribution is 0.226. The first-order valence-corrected chi connectivity index (χ1v) is 7.39. The summed E-state index contributed by atoms with van der Waals surface area (Å²) in [5.74, 6) is 0. The van der Waals surface area contributed by atoms with Crippen molar-refractivity contribution in [2.75, 3.05) is 7.05 Å². The number of aromatic amines is 1. The van der Waals surface area contributed by atoms with Crippen LogP contribution in [0, 0.1) is 11.7 Å². The van der Waals surface area contributed by atoms with E-state index in [1.165, 1.54) is 23.9 Å². The van der Waals surface area contributed by atoms with E-state index in [0.29, 0.717) is 6.04 Å². The summed E-state index contributed by atoms with van der Waals surface area (Å²) in [4.78, 5) is 5.80. The van der Waals surface area contributed by atoms with Crippen LogP contribution in [0.2, 0.25) is 0 Å². The maximum absolute atomic E-state index is 5.49. The van der Waals surface area contributed by atoms with Crippen molar-refractivity contribution >= 4 is 23.3 Å². The molecule has 4 heteroatoms.